The van der Waals surface area contributed by atoms with Crippen LogP contribution >= 0.6 is 0 Å². The largest absolute Gasteiger partial charge is 0.632 e. The number of rotatable bonds is 1. The van der Waals surface area contributed by atoms with Crippen molar-refractivity contribution in [3.05, 3.63) is 103 Å². The number of pyridine rings is 1. The highest BCUT2D eigenvalue weighted by atomic mass is 16.6. The highest BCUT2D eigenvalue weighted by Crippen LogP contribution is 2.38. The first-order valence-corrected chi connectivity index (χ1v) is 9.93. The molecule has 1 aliphatic rings. The summed E-state index contributed by atoms with van der Waals surface area (Å²) < 4.78 is 15.0. The standard InChI is InChI=1S/C25H17BN2O2/c1-2-10-18(11-3-1)26-29-22-15-6-4-12-19(22)24-21-14-8-9-17-28(21)25(27-24)20-13-5-7-16-23(20)30-26/h1-17H. The smallest absolute Gasteiger partial charge is 0.521 e. The van der Waals surface area contributed by atoms with Crippen molar-refractivity contribution in [1.29, 1.82) is 0 Å². The van der Waals surface area contributed by atoms with Gasteiger partial charge in [-0.25, -0.2) is 4.98 Å². The molecule has 4 nitrogen and oxygen atoms in total. The normalized spacial score (nSPS) is 12.5. The molecule has 0 saturated carbocycles. The van der Waals surface area contributed by atoms with E-state index in [2.05, 4.69) is 10.5 Å². The Hall–Kier alpha value is -3.99. The molecule has 3 aromatic carbocycles. The van der Waals surface area contributed by atoms with Crippen LogP contribution in [0.25, 0.3) is 28.2 Å². The van der Waals surface area contributed by atoms with E-state index < -0.39 is 7.12 Å². The van der Waals surface area contributed by atoms with Gasteiger partial charge in [-0.2, -0.15) is 0 Å². The second-order valence-electron chi connectivity index (χ2n) is 7.21. The average molecular weight is 388 g/mol. The number of para-hydroxylation sites is 2. The summed E-state index contributed by atoms with van der Waals surface area (Å²) in [5, 5.41) is 0. The van der Waals surface area contributed by atoms with Gasteiger partial charge in [0.2, 0.25) is 0 Å². The second kappa shape index (κ2) is 6.81. The van der Waals surface area contributed by atoms with Crippen molar-refractivity contribution in [3.8, 4) is 34.1 Å². The molecular weight excluding hydrogens is 371 g/mol. The lowest BCUT2D eigenvalue weighted by Crippen LogP contribution is -2.42. The van der Waals surface area contributed by atoms with Crippen LogP contribution in [0.1, 0.15) is 0 Å². The molecule has 0 atom stereocenters. The van der Waals surface area contributed by atoms with E-state index >= 15 is 0 Å². The van der Waals surface area contributed by atoms with Gasteiger partial charge >= 0.3 is 7.12 Å². The van der Waals surface area contributed by atoms with E-state index in [1.54, 1.807) is 0 Å². The molecule has 2 aromatic heterocycles. The SMILES string of the molecule is c1ccc(B2Oc3ccccc3-c3nc(n4ccccc34)-c3ccccc3O2)cc1. The summed E-state index contributed by atoms with van der Waals surface area (Å²) in [5.41, 5.74) is 4.73. The van der Waals surface area contributed by atoms with Crippen LogP contribution < -0.4 is 14.8 Å². The summed E-state index contributed by atoms with van der Waals surface area (Å²) in [7, 11) is -0.583. The van der Waals surface area contributed by atoms with Gasteiger partial charge in [-0.3, -0.25) is 4.40 Å². The summed E-state index contributed by atoms with van der Waals surface area (Å²) in [6.45, 7) is 0. The van der Waals surface area contributed by atoms with E-state index in [1.165, 1.54) is 0 Å². The van der Waals surface area contributed by atoms with Gasteiger partial charge < -0.3 is 9.31 Å². The van der Waals surface area contributed by atoms with Crippen LogP contribution in [0.15, 0.2) is 103 Å². The number of aromatic nitrogens is 2. The Morgan fingerprint density at radius 3 is 2.07 bits per heavy atom. The van der Waals surface area contributed by atoms with Crippen LogP contribution in [0, 0.1) is 0 Å². The van der Waals surface area contributed by atoms with Crippen LogP contribution in [0.2, 0.25) is 0 Å². The lowest BCUT2D eigenvalue weighted by atomic mass is 9.78. The van der Waals surface area contributed by atoms with Gasteiger partial charge in [0, 0.05) is 17.2 Å². The Labute approximate surface area is 174 Å². The minimum atomic E-state index is -0.583. The quantitative estimate of drug-likeness (QED) is 0.386. The van der Waals surface area contributed by atoms with Crippen molar-refractivity contribution in [2.75, 3.05) is 0 Å². The third kappa shape index (κ3) is 2.67. The van der Waals surface area contributed by atoms with Gasteiger partial charge in [-0.15, -0.1) is 0 Å². The van der Waals surface area contributed by atoms with Gasteiger partial charge in [0.05, 0.1) is 11.1 Å². The monoisotopic (exact) mass is 388 g/mol. The first-order valence-electron chi connectivity index (χ1n) is 9.93. The molecule has 142 valence electrons. The summed E-state index contributed by atoms with van der Waals surface area (Å²) in [4.78, 5) is 5.03. The predicted octanol–water partition coefficient (Wildman–Crippen LogP) is 4.83. The Bertz CT molecular complexity index is 1280. The molecule has 0 unspecified atom stereocenters. The summed E-state index contributed by atoms with van der Waals surface area (Å²) in [6, 6.07) is 32.1. The predicted molar refractivity (Wildman–Crippen MR) is 119 cm³/mol. The average Bonchev–Trinajstić information content (AvgIpc) is 3.19. The fourth-order valence-corrected chi connectivity index (χ4v) is 3.95. The molecule has 0 radical (unpaired) electrons. The second-order valence-corrected chi connectivity index (χ2v) is 7.21. The Morgan fingerprint density at radius 2 is 1.27 bits per heavy atom. The van der Waals surface area contributed by atoms with Crippen LogP contribution in [0.5, 0.6) is 11.5 Å². The third-order valence-corrected chi connectivity index (χ3v) is 5.36. The van der Waals surface area contributed by atoms with Crippen molar-refractivity contribution in [2.24, 2.45) is 0 Å². The van der Waals surface area contributed by atoms with Gasteiger partial charge in [-0.05, 0) is 36.4 Å². The maximum absolute atomic E-state index is 6.46. The molecule has 30 heavy (non-hydrogen) atoms. The maximum Gasteiger partial charge on any atom is 0.632 e. The van der Waals surface area contributed by atoms with E-state index in [0.717, 1.165) is 45.1 Å². The minimum Gasteiger partial charge on any atom is -0.521 e. The lowest BCUT2D eigenvalue weighted by molar-refractivity contribution is 0.440. The van der Waals surface area contributed by atoms with Crippen LogP contribution in [0.3, 0.4) is 0 Å². The Balaban J connectivity index is 1.67. The number of fused-ring (bicyclic) bond motifs is 9. The summed E-state index contributed by atoms with van der Waals surface area (Å²) in [5.74, 6) is 2.31. The van der Waals surface area contributed by atoms with Crippen LogP contribution in [0.4, 0.5) is 0 Å². The number of hydrogen-bond acceptors (Lipinski definition) is 3. The van der Waals surface area contributed by atoms with Gasteiger partial charge in [-0.1, -0.05) is 60.7 Å². The first-order chi connectivity index (χ1) is 14.9. The van der Waals surface area contributed by atoms with Crippen LogP contribution in [-0.4, -0.2) is 16.5 Å². The molecule has 0 spiro atoms. The lowest BCUT2D eigenvalue weighted by Gasteiger charge is -2.20. The fourth-order valence-electron chi connectivity index (χ4n) is 3.95. The van der Waals surface area contributed by atoms with Gasteiger partial charge in [0.1, 0.15) is 23.0 Å². The van der Waals surface area contributed by atoms with Gasteiger partial charge in [0.15, 0.2) is 0 Å². The zero-order valence-electron chi connectivity index (χ0n) is 16.1. The topological polar surface area (TPSA) is 35.8 Å². The van der Waals surface area contributed by atoms with Crippen LogP contribution in [-0.2, 0) is 0 Å². The molecule has 5 heteroatoms. The highest BCUT2D eigenvalue weighted by molar-refractivity contribution is 6.62. The van der Waals surface area contributed by atoms with E-state index in [0.29, 0.717) is 0 Å². The molecule has 5 aromatic rings. The number of hydrogen-bond donors (Lipinski definition) is 0. The molecule has 0 fully saturated rings. The fraction of sp³-hybridized carbons (Fsp3) is 0. The molecule has 0 saturated heterocycles. The minimum absolute atomic E-state index is 0.583. The highest BCUT2D eigenvalue weighted by Gasteiger charge is 2.31. The number of benzene rings is 3. The Kier molecular flexibility index (Phi) is 3.84. The number of nitrogens with zero attached hydrogens (tertiary/aromatic N) is 2. The molecule has 6 rings (SSSR count). The van der Waals surface area contributed by atoms with E-state index in [1.807, 2.05) is 97.2 Å². The summed E-state index contributed by atoms with van der Waals surface area (Å²) >= 11 is 0. The molecule has 0 N–H and O–H groups in total. The van der Waals surface area contributed by atoms with Crippen molar-refractivity contribution < 1.29 is 9.31 Å². The molecular formula is C25H17BN2O2. The van der Waals surface area contributed by atoms with Crippen molar-refractivity contribution in [2.45, 2.75) is 0 Å². The molecule has 0 aliphatic carbocycles. The molecule has 3 heterocycles. The van der Waals surface area contributed by atoms with Gasteiger partial charge in [0.25, 0.3) is 0 Å². The zero-order valence-corrected chi connectivity index (χ0v) is 16.1. The van der Waals surface area contributed by atoms with Crippen molar-refractivity contribution >= 4 is 18.1 Å². The van der Waals surface area contributed by atoms with Crippen molar-refractivity contribution in [1.82, 2.24) is 9.38 Å². The molecule has 1 aliphatic heterocycles. The summed E-state index contributed by atoms with van der Waals surface area (Å²) in [6.07, 6.45) is 2.04. The third-order valence-electron chi connectivity index (χ3n) is 5.36. The number of imidazole rings is 1. The zero-order chi connectivity index (χ0) is 19.9. The first kappa shape index (κ1) is 16.9. The van der Waals surface area contributed by atoms with E-state index in [9.17, 15) is 0 Å². The molecule has 0 amide bonds. The van der Waals surface area contributed by atoms with Crippen molar-refractivity contribution in [3.63, 3.8) is 0 Å². The van der Waals surface area contributed by atoms with E-state index in [-0.39, 0.29) is 0 Å². The maximum atomic E-state index is 6.46. The van der Waals surface area contributed by atoms with E-state index in [4.69, 9.17) is 14.3 Å². The molecule has 2 bridgehead atoms. The Morgan fingerprint density at radius 1 is 0.633 bits per heavy atom.